The minimum absolute atomic E-state index is 0.112. The summed E-state index contributed by atoms with van der Waals surface area (Å²) in [5.41, 5.74) is -0.819. The van der Waals surface area contributed by atoms with Gasteiger partial charge in [0.1, 0.15) is 17.1 Å². The minimum atomic E-state index is -0.718. The highest BCUT2D eigenvalue weighted by Gasteiger charge is 2.18. The van der Waals surface area contributed by atoms with Crippen LogP contribution in [0.25, 0.3) is 0 Å². The maximum atomic E-state index is 13.3. The highest BCUT2D eigenvalue weighted by atomic mass is 79.9. The lowest BCUT2D eigenvalue weighted by Gasteiger charge is -2.19. The van der Waals surface area contributed by atoms with Crippen molar-refractivity contribution < 1.29 is 18.8 Å². The van der Waals surface area contributed by atoms with E-state index in [1.54, 1.807) is 20.8 Å². The Bertz CT molecular complexity index is 575. The predicted molar refractivity (Wildman–Crippen MR) is 83.5 cm³/mol. The van der Waals surface area contributed by atoms with Gasteiger partial charge in [-0.1, -0.05) is 0 Å². The van der Waals surface area contributed by atoms with Crippen LogP contribution in [0.3, 0.4) is 0 Å². The van der Waals surface area contributed by atoms with Crippen molar-refractivity contribution >= 4 is 33.4 Å². The van der Waals surface area contributed by atoms with Gasteiger partial charge < -0.3 is 15.4 Å². The number of rotatable bonds is 5. The van der Waals surface area contributed by atoms with Gasteiger partial charge >= 0.3 is 6.09 Å². The lowest BCUT2D eigenvalue weighted by molar-refractivity contribution is -0.384. The summed E-state index contributed by atoms with van der Waals surface area (Å²) in [4.78, 5) is 21.6. The first-order valence-electron chi connectivity index (χ1n) is 6.44. The summed E-state index contributed by atoms with van der Waals surface area (Å²) in [7, 11) is 0. The van der Waals surface area contributed by atoms with Gasteiger partial charge in [0.05, 0.1) is 15.5 Å². The van der Waals surface area contributed by atoms with E-state index in [9.17, 15) is 19.3 Å². The third kappa shape index (κ3) is 5.84. The van der Waals surface area contributed by atoms with Crippen molar-refractivity contribution in [1.82, 2.24) is 5.32 Å². The molecule has 0 bridgehead atoms. The number of halogens is 2. The van der Waals surface area contributed by atoms with E-state index in [2.05, 4.69) is 26.6 Å². The molecule has 1 rings (SSSR count). The van der Waals surface area contributed by atoms with Gasteiger partial charge in [-0.05, 0) is 42.8 Å². The topological polar surface area (TPSA) is 93.5 Å². The largest absolute Gasteiger partial charge is 0.444 e. The van der Waals surface area contributed by atoms with E-state index in [4.69, 9.17) is 4.74 Å². The zero-order chi connectivity index (χ0) is 16.9. The fourth-order valence-electron chi connectivity index (χ4n) is 1.50. The van der Waals surface area contributed by atoms with E-state index in [1.807, 2.05) is 0 Å². The van der Waals surface area contributed by atoms with Crippen LogP contribution in [0.4, 0.5) is 20.6 Å². The molecule has 0 saturated heterocycles. The molecule has 0 saturated carbocycles. The summed E-state index contributed by atoms with van der Waals surface area (Å²) < 4.78 is 18.5. The fourth-order valence-corrected chi connectivity index (χ4v) is 1.85. The van der Waals surface area contributed by atoms with E-state index in [0.717, 1.165) is 6.07 Å². The third-order valence-electron chi connectivity index (χ3n) is 2.34. The molecule has 0 aliphatic carbocycles. The Morgan fingerprint density at radius 2 is 2.05 bits per heavy atom. The van der Waals surface area contributed by atoms with Crippen molar-refractivity contribution in [2.24, 2.45) is 0 Å². The van der Waals surface area contributed by atoms with Crippen LogP contribution in [-0.4, -0.2) is 29.7 Å². The van der Waals surface area contributed by atoms with Crippen molar-refractivity contribution in [3.63, 3.8) is 0 Å². The zero-order valence-corrected chi connectivity index (χ0v) is 14.0. The summed E-state index contributed by atoms with van der Waals surface area (Å²) in [6, 6.07) is 2.11. The number of benzene rings is 1. The van der Waals surface area contributed by atoms with Crippen LogP contribution < -0.4 is 10.6 Å². The maximum absolute atomic E-state index is 13.3. The minimum Gasteiger partial charge on any atom is -0.444 e. The maximum Gasteiger partial charge on any atom is 0.407 e. The number of nitrogens with one attached hydrogen (secondary N) is 2. The number of nitro benzene ring substituents is 1. The highest BCUT2D eigenvalue weighted by Crippen LogP contribution is 2.30. The summed E-state index contributed by atoms with van der Waals surface area (Å²) in [6.45, 7) is 5.64. The molecule has 0 aliphatic heterocycles. The number of nitro groups is 1. The fraction of sp³-hybridized carbons (Fsp3) is 0.462. The molecule has 1 aromatic carbocycles. The van der Waals surface area contributed by atoms with Crippen LogP contribution in [0, 0.1) is 15.9 Å². The Balaban J connectivity index is 2.57. The van der Waals surface area contributed by atoms with E-state index < -0.39 is 22.4 Å². The van der Waals surface area contributed by atoms with Crippen LogP contribution in [0.2, 0.25) is 0 Å². The Morgan fingerprint density at radius 3 is 2.59 bits per heavy atom. The zero-order valence-electron chi connectivity index (χ0n) is 12.4. The molecule has 7 nitrogen and oxygen atoms in total. The molecule has 0 aromatic heterocycles. The quantitative estimate of drug-likeness (QED) is 0.465. The van der Waals surface area contributed by atoms with Gasteiger partial charge in [0.2, 0.25) is 0 Å². The van der Waals surface area contributed by atoms with Crippen molar-refractivity contribution in [2.75, 3.05) is 18.4 Å². The number of carbonyl (C=O) groups excluding carboxylic acids is 1. The van der Waals surface area contributed by atoms with Gasteiger partial charge in [0.25, 0.3) is 5.69 Å². The molecule has 122 valence electrons. The molecule has 0 radical (unpaired) electrons. The van der Waals surface area contributed by atoms with Crippen LogP contribution in [0.15, 0.2) is 16.6 Å². The summed E-state index contributed by atoms with van der Waals surface area (Å²) in [6.07, 6.45) is -0.580. The van der Waals surface area contributed by atoms with E-state index >= 15 is 0 Å². The van der Waals surface area contributed by atoms with Gasteiger partial charge in [-0.2, -0.15) is 0 Å². The van der Waals surface area contributed by atoms with Gasteiger partial charge in [-0.25, -0.2) is 9.18 Å². The van der Waals surface area contributed by atoms with Crippen LogP contribution in [0.1, 0.15) is 20.8 Å². The second-order valence-electron chi connectivity index (χ2n) is 5.40. The average molecular weight is 378 g/mol. The number of amides is 1. The summed E-state index contributed by atoms with van der Waals surface area (Å²) in [5.74, 6) is -0.718. The van der Waals surface area contributed by atoms with Gasteiger partial charge in [-0.15, -0.1) is 0 Å². The van der Waals surface area contributed by atoms with Crippen LogP contribution >= 0.6 is 15.9 Å². The van der Waals surface area contributed by atoms with Gasteiger partial charge in [0, 0.05) is 13.1 Å². The Labute approximate surface area is 135 Å². The molecule has 9 heteroatoms. The number of anilines is 1. The molecular formula is C13H17BrFN3O4. The molecule has 0 unspecified atom stereocenters. The first kappa shape index (κ1) is 18.1. The molecule has 1 aromatic rings. The molecule has 0 aliphatic rings. The number of hydrogen-bond acceptors (Lipinski definition) is 5. The second-order valence-corrected chi connectivity index (χ2v) is 6.25. The normalized spacial score (nSPS) is 11.0. The SMILES string of the molecule is CC(C)(C)OC(=O)NCCNc1cc(Br)c(F)cc1[N+](=O)[O-]. The second kappa shape index (κ2) is 7.39. The average Bonchev–Trinajstić information content (AvgIpc) is 2.35. The number of hydrogen-bond donors (Lipinski definition) is 2. The van der Waals surface area contributed by atoms with Crippen LogP contribution in [0.5, 0.6) is 0 Å². The van der Waals surface area contributed by atoms with Crippen molar-refractivity contribution in [2.45, 2.75) is 26.4 Å². The first-order valence-corrected chi connectivity index (χ1v) is 7.23. The van der Waals surface area contributed by atoms with Crippen molar-refractivity contribution in [3.8, 4) is 0 Å². The van der Waals surface area contributed by atoms with Crippen LogP contribution in [-0.2, 0) is 4.74 Å². The van der Waals surface area contributed by atoms with E-state index in [1.165, 1.54) is 6.07 Å². The predicted octanol–water partition coefficient (Wildman–Crippen LogP) is 3.43. The molecular weight excluding hydrogens is 361 g/mol. The van der Waals surface area contributed by atoms with Gasteiger partial charge in [-0.3, -0.25) is 10.1 Å². The molecule has 0 atom stereocenters. The Morgan fingerprint density at radius 1 is 1.41 bits per heavy atom. The Kier molecular flexibility index (Phi) is 6.10. The Hall–Kier alpha value is -1.90. The van der Waals surface area contributed by atoms with E-state index in [0.29, 0.717) is 0 Å². The molecule has 0 fully saturated rings. The summed E-state index contributed by atoms with van der Waals surface area (Å²) >= 11 is 2.97. The number of alkyl carbamates (subject to hydrolysis) is 1. The lowest BCUT2D eigenvalue weighted by atomic mass is 10.2. The molecule has 2 N–H and O–H groups in total. The van der Waals surface area contributed by atoms with Gasteiger partial charge in [0.15, 0.2) is 0 Å². The summed E-state index contributed by atoms with van der Waals surface area (Å²) in [5, 5.41) is 16.2. The monoisotopic (exact) mass is 377 g/mol. The number of carbonyl (C=O) groups is 1. The molecule has 22 heavy (non-hydrogen) atoms. The van der Waals surface area contributed by atoms with Crippen molar-refractivity contribution in [1.29, 1.82) is 0 Å². The molecule has 1 amide bonds. The van der Waals surface area contributed by atoms with E-state index in [-0.39, 0.29) is 28.9 Å². The third-order valence-corrected chi connectivity index (χ3v) is 2.95. The van der Waals surface area contributed by atoms with Crippen molar-refractivity contribution in [3.05, 3.63) is 32.5 Å². The lowest BCUT2D eigenvalue weighted by Crippen LogP contribution is -2.35. The first-order chi connectivity index (χ1) is 10.1. The number of nitrogens with zero attached hydrogens (tertiary/aromatic N) is 1. The number of ether oxygens (including phenoxy) is 1. The molecule has 0 spiro atoms. The highest BCUT2D eigenvalue weighted by molar-refractivity contribution is 9.10. The molecule has 0 heterocycles. The standard InChI is InChI=1S/C13H17BrFN3O4/c1-13(2,3)22-12(19)17-5-4-16-10-6-8(14)9(15)7-11(10)18(20)21/h6-7,16H,4-5H2,1-3H3,(H,17,19). The smallest absolute Gasteiger partial charge is 0.407 e.